The molecule has 1 aromatic carbocycles. The molecule has 0 bridgehead atoms. The first-order valence-corrected chi connectivity index (χ1v) is 12.4. The number of anilines is 2. The van der Waals surface area contributed by atoms with Crippen LogP contribution in [0.5, 0.6) is 0 Å². The van der Waals surface area contributed by atoms with Gasteiger partial charge in [0, 0.05) is 42.2 Å². The summed E-state index contributed by atoms with van der Waals surface area (Å²) in [6.07, 6.45) is 8.54. The van der Waals surface area contributed by atoms with Crippen LogP contribution in [0.3, 0.4) is 0 Å². The Hall–Kier alpha value is -3.19. The molecule has 0 saturated carbocycles. The smallest absolute Gasteiger partial charge is 0.136 e. The number of hydrogen-bond acceptors (Lipinski definition) is 6. The molecule has 190 valence electrons. The highest BCUT2D eigenvalue weighted by molar-refractivity contribution is 5.65. The van der Waals surface area contributed by atoms with E-state index in [9.17, 15) is 4.39 Å². The summed E-state index contributed by atoms with van der Waals surface area (Å²) in [6.45, 7) is 11.1. The number of nitrogens with zero attached hydrogens (tertiary/aromatic N) is 3. The third kappa shape index (κ3) is 11.2. The standard InChI is InChI=1S/C24H29FN4O.C2H4O.C2H6/c1-3-5-6-13-30-17-18(4-2)24-28-22(19-9-8-12-26-16-19)15-23(29-24)27-21-11-7-10-20(25)14-21;1-2-3;1-2/h7-12,14-16,18H,3-6,13,17H2,1-2H3,(H,27,28,29);2H,1H3;1-2H3. The molecule has 0 saturated heterocycles. The van der Waals surface area contributed by atoms with Crippen molar-refractivity contribution < 1.29 is 13.9 Å². The lowest BCUT2D eigenvalue weighted by molar-refractivity contribution is -0.106. The van der Waals surface area contributed by atoms with Gasteiger partial charge in [0.25, 0.3) is 0 Å². The van der Waals surface area contributed by atoms with E-state index in [0.717, 1.165) is 37.0 Å². The fraction of sp³-hybridized carbons (Fsp3) is 0.429. The topological polar surface area (TPSA) is 77.0 Å². The first-order valence-electron chi connectivity index (χ1n) is 12.4. The summed E-state index contributed by atoms with van der Waals surface area (Å²) in [5, 5.41) is 3.21. The second kappa shape index (κ2) is 18.2. The van der Waals surface area contributed by atoms with Crippen molar-refractivity contribution in [1.29, 1.82) is 0 Å². The van der Waals surface area contributed by atoms with Gasteiger partial charge < -0.3 is 14.8 Å². The molecule has 0 aliphatic heterocycles. The number of halogens is 1. The zero-order valence-corrected chi connectivity index (χ0v) is 21.6. The molecule has 7 heteroatoms. The molecule has 0 spiro atoms. The van der Waals surface area contributed by atoms with Crippen molar-refractivity contribution in [3.05, 3.63) is 66.5 Å². The van der Waals surface area contributed by atoms with Crippen molar-refractivity contribution in [1.82, 2.24) is 15.0 Å². The van der Waals surface area contributed by atoms with Crippen molar-refractivity contribution in [2.45, 2.75) is 66.2 Å². The quantitative estimate of drug-likeness (QED) is 0.227. The fourth-order valence-electron chi connectivity index (χ4n) is 3.14. The van der Waals surface area contributed by atoms with E-state index in [4.69, 9.17) is 19.5 Å². The molecule has 0 aliphatic carbocycles. The van der Waals surface area contributed by atoms with Gasteiger partial charge in [-0.25, -0.2) is 14.4 Å². The van der Waals surface area contributed by atoms with E-state index in [1.165, 1.54) is 31.9 Å². The summed E-state index contributed by atoms with van der Waals surface area (Å²) >= 11 is 0. The van der Waals surface area contributed by atoms with Gasteiger partial charge in [0.2, 0.25) is 0 Å². The minimum absolute atomic E-state index is 0.0799. The predicted octanol–water partition coefficient (Wildman–Crippen LogP) is 7.35. The van der Waals surface area contributed by atoms with Crippen LogP contribution in [0, 0.1) is 5.82 Å². The lowest BCUT2D eigenvalue weighted by Gasteiger charge is -2.17. The minimum Gasteiger partial charge on any atom is -0.381 e. The molecule has 1 unspecified atom stereocenters. The van der Waals surface area contributed by atoms with E-state index in [-0.39, 0.29) is 11.7 Å². The Kier molecular flexibility index (Phi) is 15.5. The maximum atomic E-state index is 13.6. The van der Waals surface area contributed by atoms with E-state index in [0.29, 0.717) is 23.9 Å². The number of rotatable bonds is 11. The van der Waals surface area contributed by atoms with Gasteiger partial charge in [0.1, 0.15) is 23.7 Å². The number of unbranched alkanes of at least 4 members (excludes halogenated alkanes) is 2. The van der Waals surface area contributed by atoms with Crippen LogP contribution < -0.4 is 5.32 Å². The van der Waals surface area contributed by atoms with Gasteiger partial charge in [-0.2, -0.15) is 0 Å². The highest BCUT2D eigenvalue weighted by Gasteiger charge is 2.16. The SMILES string of the molecule is CC.CC=O.CCCCCOCC(CC)c1nc(Nc2cccc(F)c2)cc(-c2cccnc2)n1. The molecule has 6 nitrogen and oxygen atoms in total. The van der Waals surface area contributed by atoms with Crippen LogP contribution in [-0.2, 0) is 9.53 Å². The number of pyridine rings is 1. The van der Waals surface area contributed by atoms with Crippen LogP contribution >= 0.6 is 0 Å². The largest absolute Gasteiger partial charge is 0.381 e. The molecule has 0 fully saturated rings. The maximum Gasteiger partial charge on any atom is 0.136 e. The van der Waals surface area contributed by atoms with Gasteiger partial charge in [0.05, 0.1) is 12.3 Å². The van der Waals surface area contributed by atoms with Crippen LogP contribution in [0.1, 0.15) is 72.0 Å². The molecule has 2 heterocycles. The van der Waals surface area contributed by atoms with Crippen molar-refractivity contribution in [3.63, 3.8) is 0 Å². The minimum atomic E-state index is -0.298. The number of ether oxygens (including phenoxy) is 1. The molecular formula is C28H39FN4O2. The summed E-state index contributed by atoms with van der Waals surface area (Å²) < 4.78 is 19.5. The highest BCUT2D eigenvalue weighted by atomic mass is 19.1. The van der Waals surface area contributed by atoms with Gasteiger partial charge in [-0.05, 0) is 50.1 Å². The number of aromatic nitrogens is 3. The molecule has 3 rings (SSSR count). The van der Waals surface area contributed by atoms with Gasteiger partial charge >= 0.3 is 0 Å². The Bertz CT molecular complexity index is 970. The van der Waals surface area contributed by atoms with Crippen LogP contribution in [0.25, 0.3) is 11.3 Å². The molecule has 0 radical (unpaired) electrons. The zero-order valence-electron chi connectivity index (χ0n) is 21.6. The number of carbonyl (C=O) groups excluding carboxylic acids is 1. The number of carbonyl (C=O) groups is 1. The Morgan fingerprint density at radius 1 is 1.09 bits per heavy atom. The number of hydrogen-bond donors (Lipinski definition) is 1. The Morgan fingerprint density at radius 3 is 2.49 bits per heavy atom. The van der Waals surface area contributed by atoms with Crippen LogP contribution in [0.2, 0.25) is 0 Å². The van der Waals surface area contributed by atoms with Crippen molar-refractivity contribution >= 4 is 17.8 Å². The summed E-state index contributed by atoms with van der Waals surface area (Å²) in [7, 11) is 0. The molecule has 2 aromatic heterocycles. The summed E-state index contributed by atoms with van der Waals surface area (Å²) in [5.41, 5.74) is 2.32. The number of aldehydes is 1. The zero-order chi connectivity index (χ0) is 25.9. The third-order valence-corrected chi connectivity index (χ3v) is 4.87. The van der Waals surface area contributed by atoms with Crippen LogP contribution in [0.4, 0.5) is 15.9 Å². The first kappa shape index (κ1) is 29.8. The van der Waals surface area contributed by atoms with E-state index in [2.05, 4.69) is 24.1 Å². The summed E-state index contributed by atoms with van der Waals surface area (Å²) in [4.78, 5) is 22.5. The predicted molar refractivity (Wildman–Crippen MR) is 141 cm³/mol. The molecular weight excluding hydrogens is 443 g/mol. The third-order valence-electron chi connectivity index (χ3n) is 4.87. The fourth-order valence-corrected chi connectivity index (χ4v) is 3.14. The average molecular weight is 483 g/mol. The molecule has 1 N–H and O–H groups in total. The van der Waals surface area contributed by atoms with Gasteiger partial charge in [-0.3, -0.25) is 4.98 Å². The molecule has 1 atom stereocenters. The lowest BCUT2D eigenvalue weighted by Crippen LogP contribution is -2.13. The van der Waals surface area contributed by atoms with E-state index >= 15 is 0 Å². The van der Waals surface area contributed by atoms with Gasteiger partial charge in [-0.15, -0.1) is 0 Å². The monoisotopic (exact) mass is 482 g/mol. The van der Waals surface area contributed by atoms with Gasteiger partial charge in [0.15, 0.2) is 0 Å². The molecule has 0 aliphatic rings. The summed E-state index contributed by atoms with van der Waals surface area (Å²) in [6, 6.07) is 12.0. The van der Waals surface area contributed by atoms with Crippen LogP contribution in [0.15, 0.2) is 54.9 Å². The number of benzene rings is 1. The molecule has 0 amide bonds. The van der Waals surface area contributed by atoms with Gasteiger partial charge in [-0.1, -0.05) is 46.6 Å². The Morgan fingerprint density at radius 2 is 1.86 bits per heavy atom. The summed E-state index contributed by atoms with van der Waals surface area (Å²) in [5.74, 6) is 1.12. The molecule has 3 aromatic rings. The second-order valence-electron chi connectivity index (χ2n) is 7.50. The van der Waals surface area contributed by atoms with Crippen molar-refractivity contribution in [3.8, 4) is 11.3 Å². The first-order chi connectivity index (χ1) is 17.1. The lowest BCUT2D eigenvalue weighted by atomic mass is 10.1. The average Bonchev–Trinajstić information content (AvgIpc) is 2.88. The van der Waals surface area contributed by atoms with E-state index < -0.39 is 0 Å². The molecule has 35 heavy (non-hydrogen) atoms. The normalized spacial score (nSPS) is 10.8. The van der Waals surface area contributed by atoms with E-state index in [1.54, 1.807) is 18.5 Å². The van der Waals surface area contributed by atoms with Crippen LogP contribution in [-0.4, -0.2) is 34.5 Å². The maximum absolute atomic E-state index is 13.6. The Labute approximate surface area is 209 Å². The number of nitrogens with one attached hydrogen (secondary N) is 1. The van der Waals surface area contributed by atoms with Crippen molar-refractivity contribution in [2.75, 3.05) is 18.5 Å². The Balaban J connectivity index is 0.00000114. The highest BCUT2D eigenvalue weighted by Crippen LogP contribution is 2.26. The second-order valence-corrected chi connectivity index (χ2v) is 7.50. The van der Waals surface area contributed by atoms with Crippen molar-refractivity contribution in [2.24, 2.45) is 0 Å². The van der Waals surface area contributed by atoms with E-state index in [1.807, 2.05) is 38.1 Å².